The number of anilines is 1. The van der Waals surface area contributed by atoms with Crippen molar-refractivity contribution in [3.05, 3.63) is 60.2 Å². The number of amides is 3. The number of aromatic nitrogens is 2. The van der Waals surface area contributed by atoms with E-state index in [0.717, 1.165) is 22.2 Å². The molecular weight excluding hydrogens is 304 g/mol. The van der Waals surface area contributed by atoms with E-state index in [4.69, 9.17) is 0 Å². The van der Waals surface area contributed by atoms with Crippen molar-refractivity contribution in [3.63, 3.8) is 0 Å². The van der Waals surface area contributed by atoms with Crippen LogP contribution in [0.15, 0.2) is 48.8 Å². The SMILES string of the molecule is O=C1C2Cc3nc[nH]c3CN2C(=O)N1c1ccc2ccccc2c1. The van der Waals surface area contributed by atoms with Crippen LogP contribution in [0.25, 0.3) is 10.8 Å². The Morgan fingerprint density at radius 3 is 2.79 bits per heavy atom. The van der Waals surface area contributed by atoms with E-state index < -0.39 is 6.04 Å². The molecule has 24 heavy (non-hydrogen) atoms. The Morgan fingerprint density at radius 2 is 1.92 bits per heavy atom. The number of hydrogen-bond donors (Lipinski definition) is 1. The van der Waals surface area contributed by atoms with Crippen LogP contribution in [0.5, 0.6) is 0 Å². The lowest BCUT2D eigenvalue weighted by molar-refractivity contribution is -0.120. The number of hydrogen-bond acceptors (Lipinski definition) is 3. The highest BCUT2D eigenvalue weighted by Crippen LogP contribution is 2.33. The van der Waals surface area contributed by atoms with E-state index in [2.05, 4.69) is 9.97 Å². The van der Waals surface area contributed by atoms with Crippen LogP contribution in [-0.4, -0.2) is 32.8 Å². The molecule has 0 saturated carbocycles. The van der Waals surface area contributed by atoms with Gasteiger partial charge in [-0.3, -0.25) is 4.79 Å². The summed E-state index contributed by atoms with van der Waals surface area (Å²) in [7, 11) is 0. The molecule has 3 aromatic rings. The highest BCUT2D eigenvalue weighted by atomic mass is 16.2. The fourth-order valence-electron chi connectivity index (χ4n) is 3.58. The van der Waals surface area contributed by atoms with Crippen molar-refractivity contribution in [1.29, 1.82) is 0 Å². The van der Waals surface area contributed by atoms with E-state index in [9.17, 15) is 9.59 Å². The number of fused-ring (bicyclic) bond motifs is 3. The van der Waals surface area contributed by atoms with E-state index in [-0.39, 0.29) is 11.9 Å². The van der Waals surface area contributed by atoms with Gasteiger partial charge in [0.25, 0.3) is 5.91 Å². The average molecular weight is 318 g/mol. The zero-order valence-electron chi connectivity index (χ0n) is 12.8. The molecule has 3 amide bonds. The Kier molecular flexibility index (Phi) is 2.59. The molecule has 3 heterocycles. The standard InChI is InChI=1S/C18H14N4O2/c23-17-16-8-14-15(20-10-19-14)9-21(16)18(24)22(17)13-6-5-11-3-1-2-4-12(11)7-13/h1-7,10,16H,8-9H2,(H,19,20). The first-order chi connectivity index (χ1) is 11.7. The minimum absolute atomic E-state index is 0.177. The second-order valence-electron chi connectivity index (χ2n) is 6.16. The smallest absolute Gasteiger partial charge is 0.332 e. The summed E-state index contributed by atoms with van der Waals surface area (Å²) in [4.78, 5) is 35.9. The first-order valence-corrected chi connectivity index (χ1v) is 7.87. The second kappa shape index (κ2) is 4.67. The van der Waals surface area contributed by atoms with Crippen LogP contribution >= 0.6 is 0 Å². The first-order valence-electron chi connectivity index (χ1n) is 7.87. The maximum absolute atomic E-state index is 12.8. The number of nitrogens with one attached hydrogen (secondary N) is 1. The number of urea groups is 1. The highest BCUT2D eigenvalue weighted by Gasteiger charge is 2.48. The third-order valence-electron chi connectivity index (χ3n) is 4.83. The van der Waals surface area contributed by atoms with Gasteiger partial charge in [-0.15, -0.1) is 0 Å². The van der Waals surface area contributed by atoms with Crippen molar-refractivity contribution in [1.82, 2.24) is 14.9 Å². The van der Waals surface area contributed by atoms with Gasteiger partial charge < -0.3 is 9.88 Å². The molecule has 0 bridgehead atoms. The maximum Gasteiger partial charge on any atom is 0.332 e. The number of aromatic amines is 1. The number of rotatable bonds is 1. The van der Waals surface area contributed by atoms with Crippen molar-refractivity contribution in [2.75, 3.05) is 4.90 Å². The number of benzene rings is 2. The van der Waals surface area contributed by atoms with Gasteiger partial charge in [0.2, 0.25) is 0 Å². The predicted molar refractivity (Wildman–Crippen MR) is 88.5 cm³/mol. The number of imide groups is 1. The third-order valence-corrected chi connectivity index (χ3v) is 4.83. The van der Waals surface area contributed by atoms with Crippen LogP contribution in [-0.2, 0) is 17.8 Å². The van der Waals surface area contributed by atoms with Crippen molar-refractivity contribution < 1.29 is 9.59 Å². The summed E-state index contributed by atoms with van der Waals surface area (Å²) in [5.74, 6) is -0.177. The lowest BCUT2D eigenvalue weighted by atomic mass is 10.0. The Hall–Kier alpha value is -3.15. The molecule has 2 aliphatic heterocycles. The minimum atomic E-state index is -0.459. The molecule has 0 radical (unpaired) electrons. The number of H-pyrrole nitrogens is 1. The molecule has 2 aromatic carbocycles. The first kappa shape index (κ1) is 13.3. The van der Waals surface area contributed by atoms with E-state index in [1.54, 1.807) is 11.2 Å². The van der Waals surface area contributed by atoms with Crippen LogP contribution in [0.1, 0.15) is 11.4 Å². The van der Waals surface area contributed by atoms with Gasteiger partial charge in [-0.05, 0) is 22.9 Å². The fraction of sp³-hybridized carbons (Fsp3) is 0.167. The Bertz CT molecular complexity index is 955. The van der Waals surface area contributed by atoms with Crippen molar-refractivity contribution in [2.24, 2.45) is 0 Å². The molecular formula is C18H14N4O2. The summed E-state index contributed by atoms with van der Waals surface area (Å²) in [6.45, 7) is 0.397. The molecule has 1 N–H and O–H groups in total. The molecule has 1 unspecified atom stereocenters. The zero-order valence-corrected chi connectivity index (χ0v) is 12.8. The number of carbonyl (C=O) groups is 2. The van der Waals surface area contributed by atoms with Gasteiger partial charge in [0.05, 0.1) is 29.9 Å². The normalized spacial score (nSPS) is 19.8. The summed E-state index contributed by atoms with van der Waals surface area (Å²) in [5, 5.41) is 2.09. The lowest BCUT2D eigenvalue weighted by Crippen LogP contribution is -2.40. The second-order valence-corrected chi connectivity index (χ2v) is 6.16. The number of nitrogens with zero attached hydrogens (tertiary/aromatic N) is 3. The molecule has 118 valence electrons. The van der Waals surface area contributed by atoms with Gasteiger partial charge >= 0.3 is 6.03 Å². The summed E-state index contributed by atoms with van der Waals surface area (Å²) >= 11 is 0. The molecule has 2 aliphatic rings. The Labute approximate surface area is 137 Å². The minimum Gasteiger partial charge on any atom is -0.347 e. The molecule has 0 aliphatic carbocycles. The average Bonchev–Trinajstić information content (AvgIpc) is 3.16. The van der Waals surface area contributed by atoms with Gasteiger partial charge in [-0.1, -0.05) is 30.3 Å². The molecule has 6 heteroatoms. The maximum atomic E-state index is 12.8. The third kappa shape index (κ3) is 1.73. The van der Waals surface area contributed by atoms with E-state index >= 15 is 0 Å². The quantitative estimate of drug-likeness (QED) is 0.701. The Morgan fingerprint density at radius 1 is 1.08 bits per heavy atom. The van der Waals surface area contributed by atoms with Crippen molar-refractivity contribution in [2.45, 2.75) is 19.0 Å². The van der Waals surface area contributed by atoms with Crippen molar-refractivity contribution in [3.8, 4) is 0 Å². The molecule has 0 spiro atoms. The van der Waals surface area contributed by atoms with Crippen LogP contribution < -0.4 is 4.90 Å². The summed E-state index contributed by atoms with van der Waals surface area (Å²) in [5.41, 5.74) is 2.40. The largest absolute Gasteiger partial charge is 0.347 e. The summed E-state index contributed by atoms with van der Waals surface area (Å²) < 4.78 is 0. The summed E-state index contributed by atoms with van der Waals surface area (Å²) in [6, 6.07) is 12.8. The monoisotopic (exact) mass is 318 g/mol. The van der Waals surface area contributed by atoms with Gasteiger partial charge in [0.15, 0.2) is 0 Å². The zero-order chi connectivity index (χ0) is 16.3. The molecule has 5 rings (SSSR count). The number of carbonyl (C=O) groups excluding carboxylic acids is 2. The summed E-state index contributed by atoms with van der Waals surface area (Å²) in [6.07, 6.45) is 2.08. The van der Waals surface area contributed by atoms with Gasteiger partial charge in [-0.2, -0.15) is 0 Å². The Balaban J connectivity index is 1.56. The number of imidazole rings is 1. The molecule has 6 nitrogen and oxygen atoms in total. The lowest BCUT2D eigenvalue weighted by Gasteiger charge is -2.25. The van der Waals surface area contributed by atoms with Crippen LogP contribution in [0.3, 0.4) is 0 Å². The molecule has 1 fully saturated rings. The highest BCUT2D eigenvalue weighted by molar-refractivity contribution is 6.22. The molecule has 1 atom stereocenters. The van der Waals surface area contributed by atoms with E-state index in [0.29, 0.717) is 18.7 Å². The van der Waals surface area contributed by atoms with Gasteiger partial charge in [0.1, 0.15) is 6.04 Å². The molecule has 1 aromatic heterocycles. The van der Waals surface area contributed by atoms with Gasteiger partial charge in [-0.25, -0.2) is 14.7 Å². The van der Waals surface area contributed by atoms with E-state index in [1.807, 2.05) is 42.5 Å². The predicted octanol–water partition coefficient (Wildman–Crippen LogP) is 2.46. The molecule has 1 saturated heterocycles. The van der Waals surface area contributed by atoms with Crippen LogP contribution in [0.4, 0.5) is 10.5 Å². The van der Waals surface area contributed by atoms with Crippen LogP contribution in [0, 0.1) is 0 Å². The van der Waals surface area contributed by atoms with E-state index in [1.165, 1.54) is 4.90 Å². The fourth-order valence-corrected chi connectivity index (χ4v) is 3.58. The topological polar surface area (TPSA) is 69.3 Å². The van der Waals surface area contributed by atoms with Crippen LogP contribution in [0.2, 0.25) is 0 Å². The van der Waals surface area contributed by atoms with Gasteiger partial charge in [0, 0.05) is 6.42 Å². The van der Waals surface area contributed by atoms with Crippen molar-refractivity contribution >= 4 is 28.4 Å².